The van der Waals surface area contributed by atoms with E-state index < -0.39 is 0 Å². The van der Waals surface area contributed by atoms with Crippen LogP contribution in [0.25, 0.3) is 0 Å². The van der Waals surface area contributed by atoms with E-state index in [9.17, 15) is 4.79 Å². The normalized spacial score (nSPS) is 13.7. The smallest absolute Gasteiger partial charge is 0.237 e. The summed E-state index contributed by atoms with van der Waals surface area (Å²) in [5.41, 5.74) is 3.58. The van der Waals surface area contributed by atoms with Crippen molar-refractivity contribution in [2.75, 3.05) is 34.4 Å². The Bertz CT molecular complexity index is 793. The predicted octanol–water partition coefficient (Wildman–Crippen LogP) is 3.54. The first-order valence-electron chi connectivity index (χ1n) is 8.43. The molecular formula is C19H23BrN2O3S. The molecule has 0 fully saturated rings. The van der Waals surface area contributed by atoms with Crippen molar-refractivity contribution in [2.45, 2.75) is 19.5 Å². The molecule has 0 saturated heterocycles. The quantitative estimate of drug-likeness (QED) is 0.691. The Kier molecular flexibility index (Phi) is 6.21. The molecular weight excluding hydrogens is 416 g/mol. The van der Waals surface area contributed by atoms with Gasteiger partial charge < -0.3 is 14.4 Å². The highest BCUT2D eigenvalue weighted by Gasteiger charge is 2.23. The number of thiophene rings is 1. The Morgan fingerprint density at radius 3 is 2.54 bits per heavy atom. The summed E-state index contributed by atoms with van der Waals surface area (Å²) in [6.45, 7) is 2.53. The molecule has 0 N–H and O–H groups in total. The van der Waals surface area contributed by atoms with Crippen LogP contribution in [-0.2, 0) is 24.3 Å². The van der Waals surface area contributed by atoms with Gasteiger partial charge in [-0.1, -0.05) is 0 Å². The van der Waals surface area contributed by atoms with Crippen LogP contribution in [0.1, 0.15) is 16.7 Å². The predicted molar refractivity (Wildman–Crippen MR) is 107 cm³/mol. The van der Waals surface area contributed by atoms with E-state index >= 15 is 0 Å². The van der Waals surface area contributed by atoms with Gasteiger partial charge in [0.15, 0.2) is 11.5 Å². The summed E-state index contributed by atoms with van der Waals surface area (Å²) in [6, 6.07) is 6.11. The summed E-state index contributed by atoms with van der Waals surface area (Å²) in [4.78, 5) is 16.7. The van der Waals surface area contributed by atoms with Crippen LogP contribution in [0.3, 0.4) is 0 Å². The summed E-state index contributed by atoms with van der Waals surface area (Å²) >= 11 is 5.14. The monoisotopic (exact) mass is 438 g/mol. The molecule has 1 aliphatic rings. The van der Waals surface area contributed by atoms with Crippen molar-refractivity contribution in [3.8, 4) is 11.5 Å². The molecule has 0 bridgehead atoms. The first kappa shape index (κ1) is 19.2. The summed E-state index contributed by atoms with van der Waals surface area (Å²) in [7, 11) is 5.26. The molecule has 2 aromatic rings. The van der Waals surface area contributed by atoms with E-state index in [1.165, 1.54) is 11.1 Å². The van der Waals surface area contributed by atoms with Crippen LogP contribution in [0, 0.1) is 0 Å². The molecule has 0 aliphatic carbocycles. The van der Waals surface area contributed by atoms with Crippen molar-refractivity contribution in [1.82, 2.24) is 9.80 Å². The highest BCUT2D eigenvalue weighted by Crippen LogP contribution is 2.33. The summed E-state index contributed by atoms with van der Waals surface area (Å²) in [5, 5.41) is 2.11. The maximum Gasteiger partial charge on any atom is 0.237 e. The molecule has 1 aromatic carbocycles. The van der Waals surface area contributed by atoms with Crippen molar-refractivity contribution in [1.29, 1.82) is 0 Å². The van der Waals surface area contributed by atoms with Gasteiger partial charge in [-0.3, -0.25) is 9.69 Å². The summed E-state index contributed by atoms with van der Waals surface area (Å²) < 4.78 is 11.9. The number of nitrogens with zero attached hydrogens (tertiary/aromatic N) is 2. The molecule has 0 saturated carbocycles. The Morgan fingerprint density at radius 2 is 1.92 bits per heavy atom. The van der Waals surface area contributed by atoms with Gasteiger partial charge in [0, 0.05) is 19.6 Å². The van der Waals surface area contributed by atoms with Gasteiger partial charge in [0.1, 0.15) is 0 Å². The van der Waals surface area contributed by atoms with Crippen molar-refractivity contribution in [3.63, 3.8) is 0 Å². The average molecular weight is 439 g/mol. The highest BCUT2D eigenvalue weighted by atomic mass is 79.9. The number of halogens is 1. The third-order valence-electron chi connectivity index (χ3n) is 4.55. The molecule has 3 rings (SSSR count). The highest BCUT2D eigenvalue weighted by molar-refractivity contribution is 9.11. The van der Waals surface area contributed by atoms with E-state index in [2.05, 4.69) is 32.3 Å². The van der Waals surface area contributed by atoms with Gasteiger partial charge in [0.05, 0.1) is 24.6 Å². The lowest BCUT2D eigenvalue weighted by atomic mass is 9.98. The van der Waals surface area contributed by atoms with Crippen LogP contribution in [-0.4, -0.2) is 50.1 Å². The number of hydrogen-bond acceptors (Lipinski definition) is 5. The van der Waals surface area contributed by atoms with Crippen molar-refractivity contribution >= 4 is 33.2 Å². The van der Waals surface area contributed by atoms with Crippen LogP contribution in [0.2, 0.25) is 0 Å². The van der Waals surface area contributed by atoms with Gasteiger partial charge in [0.2, 0.25) is 5.91 Å². The number of ether oxygens (including phenoxy) is 2. The minimum absolute atomic E-state index is 0.155. The first-order chi connectivity index (χ1) is 12.5. The SMILES string of the molecule is COc1cc2c(cc1OC)CN(C(=O)CN(C)Cc1csc(Br)c1)CC2. The van der Waals surface area contributed by atoms with Crippen LogP contribution < -0.4 is 9.47 Å². The van der Waals surface area contributed by atoms with E-state index in [4.69, 9.17) is 9.47 Å². The average Bonchev–Trinajstić information content (AvgIpc) is 3.04. The zero-order valence-corrected chi connectivity index (χ0v) is 17.7. The van der Waals surface area contributed by atoms with Crippen molar-refractivity contribution in [2.24, 2.45) is 0 Å². The molecule has 140 valence electrons. The number of hydrogen-bond donors (Lipinski definition) is 0. The second-order valence-corrected chi connectivity index (χ2v) is 8.76. The molecule has 2 heterocycles. The number of likely N-dealkylation sites (N-methyl/N-ethyl adjacent to an activating group) is 1. The molecule has 1 amide bonds. The molecule has 5 nitrogen and oxygen atoms in total. The lowest BCUT2D eigenvalue weighted by molar-refractivity contribution is -0.133. The van der Waals surface area contributed by atoms with Gasteiger partial charge in [-0.05, 0) is 69.7 Å². The third kappa shape index (κ3) is 4.39. The van der Waals surface area contributed by atoms with Gasteiger partial charge >= 0.3 is 0 Å². The van der Waals surface area contributed by atoms with E-state index in [1.54, 1.807) is 25.6 Å². The largest absolute Gasteiger partial charge is 0.493 e. The minimum atomic E-state index is 0.155. The zero-order valence-electron chi connectivity index (χ0n) is 15.3. The second-order valence-electron chi connectivity index (χ2n) is 6.47. The van der Waals surface area contributed by atoms with E-state index in [0.29, 0.717) is 18.8 Å². The fraction of sp³-hybridized carbons (Fsp3) is 0.421. The van der Waals surface area contributed by atoms with Crippen LogP contribution in [0.4, 0.5) is 0 Å². The van der Waals surface area contributed by atoms with E-state index in [1.807, 2.05) is 24.1 Å². The van der Waals surface area contributed by atoms with E-state index in [-0.39, 0.29) is 5.91 Å². The van der Waals surface area contributed by atoms with Crippen LogP contribution >= 0.6 is 27.3 Å². The summed E-state index contributed by atoms with van der Waals surface area (Å²) in [6.07, 6.45) is 0.836. The molecule has 0 unspecified atom stereocenters. The minimum Gasteiger partial charge on any atom is -0.493 e. The molecule has 1 aliphatic heterocycles. The second kappa shape index (κ2) is 8.41. The van der Waals surface area contributed by atoms with Crippen LogP contribution in [0.5, 0.6) is 11.5 Å². The van der Waals surface area contributed by atoms with E-state index in [0.717, 1.165) is 34.6 Å². The lowest BCUT2D eigenvalue weighted by Crippen LogP contribution is -2.41. The number of benzene rings is 1. The Labute approximate surface area is 166 Å². The molecule has 0 radical (unpaired) electrons. The van der Waals surface area contributed by atoms with Crippen molar-refractivity contribution in [3.05, 3.63) is 44.1 Å². The van der Waals surface area contributed by atoms with Gasteiger partial charge in [0.25, 0.3) is 0 Å². The lowest BCUT2D eigenvalue weighted by Gasteiger charge is -2.31. The van der Waals surface area contributed by atoms with Crippen molar-refractivity contribution < 1.29 is 14.3 Å². The standard InChI is InChI=1S/C19H23BrN2O3S/c1-21(9-13-6-18(20)26-12-13)11-19(23)22-5-4-14-7-16(24-2)17(25-3)8-15(14)10-22/h6-8,12H,4-5,9-11H2,1-3H3. The fourth-order valence-corrected chi connectivity index (χ4v) is 4.42. The van der Waals surface area contributed by atoms with Gasteiger partial charge in [-0.15, -0.1) is 11.3 Å². The van der Waals surface area contributed by atoms with Gasteiger partial charge in [-0.2, -0.15) is 0 Å². The maximum atomic E-state index is 12.7. The van der Waals surface area contributed by atoms with Crippen LogP contribution in [0.15, 0.2) is 27.4 Å². The number of carbonyl (C=O) groups excluding carboxylic acids is 1. The number of rotatable bonds is 6. The third-order valence-corrected chi connectivity index (χ3v) is 6.10. The zero-order chi connectivity index (χ0) is 18.7. The number of fused-ring (bicyclic) bond motifs is 1. The topological polar surface area (TPSA) is 42.0 Å². The Hall–Kier alpha value is -1.57. The molecule has 26 heavy (non-hydrogen) atoms. The fourth-order valence-electron chi connectivity index (χ4n) is 3.22. The van der Waals surface area contributed by atoms with Gasteiger partial charge in [-0.25, -0.2) is 0 Å². The number of carbonyl (C=O) groups is 1. The summed E-state index contributed by atoms with van der Waals surface area (Å²) in [5.74, 6) is 1.61. The molecule has 0 spiro atoms. The number of methoxy groups -OCH3 is 2. The molecule has 7 heteroatoms. The Morgan fingerprint density at radius 1 is 1.23 bits per heavy atom. The molecule has 0 atom stereocenters. The Balaban J connectivity index is 1.63. The molecule has 1 aromatic heterocycles. The first-order valence-corrected chi connectivity index (χ1v) is 10.1. The maximum absolute atomic E-state index is 12.7. The number of amides is 1.